The van der Waals surface area contributed by atoms with Gasteiger partial charge < -0.3 is 4.74 Å². The Morgan fingerprint density at radius 2 is 2.19 bits per heavy atom. The van der Waals surface area contributed by atoms with Gasteiger partial charge in [-0.1, -0.05) is 11.6 Å². The Bertz CT molecular complexity index is 910. The second-order valence-corrected chi connectivity index (χ2v) is 7.66. The van der Waals surface area contributed by atoms with Crippen LogP contribution >= 0.6 is 11.6 Å². The van der Waals surface area contributed by atoms with Gasteiger partial charge in [0.2, 0.25) is 0 Å². The first-order valence-corrected chi connectivity index (χ1v) is 9.42. The molecule has 5 rings (SSSR count). The highest BCUT2D eigenvalue weighted by Gasteiger charge is 2.29. The highest BCUT2D eigenvalue weighted by Crippen LogP contribution is 2.39. The Labute approximate surface area is 156 Å². The molecule has 0 bridgehead atoms. The Morgan fingerprint density at radius 3 is 3.04 bits per heavy atom. The number of fused-ring (bicyclic) bond motifs is 2. The van der Waals surface area contributed by atoms with Gasteiger partial charge in [-0.3, -0.25) is 4.90 Å². The molecule has 0 saturated heterocycles. The lowest BCUT2D eigenvalue weighted by Gasteiger charge is -2.30. The van der Waals surface area contributed by atoms with E-state index < -0.39 is 0 Å². The molecule has 3 heterocycles. The topological polar surface area (TPSA) is 38.2 Å². The minimum Gasteiger partial charge on any atom is -0.488 e. The van der Waals surface area contributed by atoms with Gasteiger partial charge >= 0.3 is 0 Å². The summed E-state index contributed by atoms with van der Waals surface area (Å²) in [4.78, 5) is 11.6. The molecular weight excluding hydrogens is 353 g/mol. The van der Waals surface area contributed by atoms with Crippen molar-refractivity contribution < 1.29 is 9.13 Å². The number of hydrogen-bond acceptors (Lipinski definition) is 4. The van der Waals surface area contributed by atoms with Gasteiger partial charge in [-0.2, -0.15) is 0 Å². The van der Waals surface area contributed by atoms with E-state index in [1.165, 1.54) is 36.2 Å². The number of rotatable bonds is 3. The molecule has 1 aromatic carbocycles. The molecule has 1 aliphatic carbocycles. The smallest absolute Gasteiger partial charge is 0.131 e. The zero-order valence-corrected chi connectivity index (χ0v) is 15.1. The van der Waals surface area contributed by atoms with Gasteiger partial charge in [0.1, 0.15) is 24.0 Å². The summed E-state index contributed by atoms with van der Waals surface area (Å²) in [6, 6.07) is 4.47. The third-order valence-electron chi connectivity index (χ3n) is 5.28. The van der Waals surface area contributed by atoms with Crippen molar-refractivity contribution in [3.63, 3.8) is 0 Å². The summed E-state index contributed by atoms with van der Waals surface area (Å²) in [6.45, 7) is 2.89. The van der Waals surface area contributed by atoms with Crippen LogP contribution < -0.4 is 4.74 Å². The Kier molecular flexibility index (Phi) is 3.94. The van der Waals surface area contributed by atoms with E-state index in [4.69, 9.17) is 21.3 Å². The number of nitrogens with zero attached hydrogens (tertiary/aromatic N) is 3. The standard InChI is InChI=1S/C20H19ClFN3O/c21-19-14(11-26-18-4-3-15(22)7-16(18)19)10-25-6-5-17-13(9-25)8-23-20(24-17)12-1-2-12/h3-4,7-8,12H,1-2,5-6,9-11H2. The Morgan fingerprint density at radius 1 is 1.31 bits per heavy atom. The molecule has 0 unspecified atom stereocenters. The minimum atomic E-state index is -0.303. The van der Waals surface area contributed by atoms with Crippen LogP contribution in [0.1, 0.15) is 41.4 Å². The Hall–Kier alpha value is -1.98. The average Bonchev–Trinajstić information content (AvgIpc) is 3.49. The number of halogens is 2. The lowest BCUT2D eigenvalue weighted by Crippen LogP contribution is -2.34. The fourth-order valence-electron chi connectivity index (χ4n) is 3.67. The largest absolute Gasteiger partial charge is 0.488 e. The first kappa shape index (κ1) is 16.2. The van der Waals surface area contributed by atoms with E-state index >= 15 is 0 Å². The van der Waals surface area contributed by atoms with Crippen molar-refractivity contribution >= 4 is 16.6 Å². The number of hydrogen-bond donors (Lipinski definition) is 0. The maximum Gasteiger partial charge on any atom is 0.131 e. The molecule has 1 fully saturated rings. The van der Waals surface area contributed by atoms with E-state index in [0.717, 1.165) is 30.9 Å². The molecule has 0 N–H and O–H groups in total. The van der Waals surface area contributed by atoms with Gasteiger partial charge in [-0.15, -0.1) is 0 Å². The molecule has 0 atom stereocenters. The lowest BCUT2D eigenvalue weighted by molar-refractivity contribution is 0.254. The predicted molar refractivity (Wildman–Crippen MR) is 97.7 cm³/mol. The zero-order valence-electron chi connectivity index (χ0n) is 14.3. The van der Waals surface area contributed by atoms with Crippen LogP contribution in [-0.4, -0.2) is 34.6 Å². The molecule has 0 radical (unpaired) electrons. The molecule has 1 aromatic heterocycles. The van der Waals surface area contributed by atoms with E-state index in [9.17, 15) is 4.39 Å². The maximum absolute atomic E-state index is 13.6. The van der Waals surface area contributed by atoms with Gasteiger partial charge in [0.05, 0.1) is 5.03 Å². The predicted octanol–water partition coefficient (Wildman–Crippen LogP) is 3.89. The van der Waals surface area contributed by atoms with Crippen LogP contribution in [0.5, 0.6) is 5.75 Å². The van der Waals surface area contributed by atoms with Crippen LogP contribution in [0.25, 0.3) is 5.03 Å². The molecular formula is C20H19ClFN3O. The van der Waals surface area contributed by atoms with Crippen molar-refractivity contribution in [2.75, 3.05) is 19.7 Å². The highest BCUT2D eigenvalue weighted by atomic mass is 35.5. The van der Waals surface area contributed by atoms with Crippen molar-refractivity contribution in [1.29, 1.82) is 0 Å². The summed E-state index contributed by atoms with van der Waals surface area (Å²) in [5, 5.41) is 0.608. The molecule has 3 aliphatic rings. The molecule has 1 saturated carbocycles. The fraction of sp³-hybridized carbons (Fsp3) is 0.400. The van der Waals surface area contributed by atoms with Gasteiger partial charge in [0.25, 0.3) is 0 Å². The van der Waals surface area contributed by atoms with Gasteiger partial charge in [-0.25, -0.2) is 14.4 Å². The summed E-state index contributed by atoms with van der Waals surface area (Å²) in [5.41, 5.74) is 4.01. The number of aromatic nitrogens is 2. The molecule has 0 amide bonds. The van der Waals surface area contributed by atoms with Crippen LogP contribution in [0.3, 0.4) is 0 Å². The molecule has 6 heteroatoms. The maximum atomic E-state index is 13.6. The summed E-state index contributed by atoms with van der Waals surface area (Å²) in [6.07, 6.45) is 5.36. The van der Waals surface area contributed by atoms with Gasteiger partial charge in [-0.05, 0) is 31.0 Å². The quantitative estimate of drug-likeness (QED) is 0.820. The average molecular weight is 372 g/mol. The van der Waals surface area contributed by atoms with E-state index in [-0.39, 0.29) is 5.82 Å². The van der Waals surface area contributed by atoms with Crippen molar-refractivity contribution in [2.45, 2.75) is 31.7 Å². The second-order valence-electron chi connectivity index (χ2n) is 7.28. The first-order valence-electron chi connectivity index (χ1n) is 9.04. The van der Waals surface area contributed by atoms with Crippen LogP contribution in [0.4, 0.5) is 4.39 Å². The van der Waals surface area contributed by atoms with Crippen molar-refractivity contribution in [3.05, 3.63) is 58.4 Å². The minimum absolute atomic E-state index is 0.303. The molecule has 2 aliphatic heterocycles. The summed E-state index contributed by atoms with van der Waals surface area (Å²) < 4.78 is 19.3. The van der Waals surface area contributed by atoms with Crippen LogP contribution in [0.15, 0.2) is 30.0 Å². The van der Waals surface area contributed by atoms with Crippen molar-refractivity contribution in [2.24, 2.45) is 0 Å². The normalized spacial score (nSPS) is 19.8. The summed E-state index contributed by atoms with van der Waals surface area (Å²) in [7, 11) is 0. The Balaban J connectivity index is 1.35. The lowest BCUT2D eigenvalue weighted by atomic mass is 10.0. The molecule has 4 nitrogen and oxygen atoms in total. The first-order chi connectivity index (χ1) is 12.7. The summed E-state index contributed by atoms with van der Waals surface area (Å²) in [5.74, 6) is 1.94. The third-order valence-corrected chi connectivity index (χ3v) is 5.75. The second kappa shape index (κ2) is 6.32. The van der Waals surface area contributed by atoms with Crippen molar-refractivity contribution in [3.8, 4) is 5.75 Å². The number of ether oxygens (including phenoxy) is 1. The van der Waals surface area contributed by atoms with Gasteiger partial charge in [0.15, 0.2) is 0 Å². The molecule has 0 spiro atoms. The third kappa shape index (κ3) is 2.99. The monoisotopic (exact) mass is 371 g/mol. The van der Waals surface area contributed by atoms with E-state index in [1.807, 2.05) is 6.20 Å². The van der Waals surface area contributed by atoms with Crippen LogP contribution in [0.2, 0.25) is 0 Å². The van der Waals surface area contributed by atoms with Crippen LogP contribution in [0, 0.1) is 5.82 Å². The number of benzene rings is 1. The van der Waals surface area contributed by atoms with E-state index in [0.29, 0.717) is 35.4 Å². The molecule has 26 heavy (non-hydrogen) atoms. The van der Waals surface area contributed by atoms with Gasteiger partial charge in [0, 0.05) is 60.6 Å². The SMILES string of the molecule is Fc1ccc2c(c1)C(Cl)=C(CN1CCc3nc(C4CC4)ncc3C1)CO2. The zero-order chi connectivity index (χ0) is 17.7. The molecule has 134 valence electrons. The van der Waals surface area contributed by atoms with Crippen LogP contribution in [-0.2, 0) is 13.0 Å². The fourth-order valence-corrected chi connectivity index (χ4v) is 3.93. The van der Waals surface area contributed by atoms with Crippen molar-refractivity contribution in [1.82, 2.24) is 14.9 Å². The van der Waals surface area contributed by atoms with E-state index in [2.05, 4.69) is 9.88 Å². The summed E-state index contributed by atoms with van der Waals surface area (Å²) >= 11 is 6.55. The van der Waals surface area contributed by atoms with E-state index in [1.54, 1.807) is 6.07 Å². The molecule has 2 aromatic rings. The highest BCUT2D eigenvalue weighted by molar-refractivity contribution is 6.49.